The van der Waals surface area contributed by atoms with Crippen molar-refractivity contribution < 1.29 is 8.42 Å². The molecule has 0 amide bonds. The van der Waals surface area contributed by atoms with Crippen LogP contribution in [0, 0.1) is 19.3 Å². The van der Waals surface area contributed by atoms with Crippen molar-refractivity contribution in [3.63, 3.8) is 0 Å². The third-order valence-corrected chi connectivity index (χ3v) is 6.90. The summed E-state index contributed by atoms with van der Waals surface area (Å²) >= 11 is -0.861. The highest BCUT2D eigenvalue weighted by Gasteiger charge is 2.18. The predicted octanol–water partition coefficient (Wildman–Crippen LogP) is 5.52. The molecule has 0 bridgehead atoms. The van der Waals surface area contributed by atoms with Gasteiger partial charge in [-0.15, -0.1) is 0 Å². The van der Waals surface area contributed by atoms with Crippen LogP contribution >= 0.6 is 0 Å². The zero-order valence-corrected chi connectivity index (χ0v) is 17.0. The molecule has 2 aromatic rings. The molecule has 25 heavy (non-hydrogen) atoms. The van der Waals surface area contributed by atoms with Gasteiger partial charge in [-0.2, -0.15) is 0 Å². The summed E-state index contributed by atoms with van der Waals surface area (Å²) in [5.41, 5.74) is 2.11. The van der Waals surface area contributed by atoms with Crippen LogP contribution < -0.4 is 0 Å². The molecule has 2 aromatic carbocycles. The molecule has 1 atom stereocenters. The average Bonchev–Trinajstić information content (AvgIpc) is 2.52. The molecule has 3 nitrogen and oxygen atoms in total. The first kappa shape index (κ1) is 19.8. The van der Waals surface area contributed by atoms with E-state index in [1.807, 2.05) is 49.6 Å². The van der Waals surface area contributed by atoms with E-state index in [1.165, 1.54) is 0 Å². The summed E-state index contributed by atoms with van der Waals surface area (Å²) in [6.07, 6.45) is 2.02. The van der Waals surface area contributed by atoms with Crippen molar-refractivity contribution in [3.8, 4) is 0 Å². The van der Waals surface area contributed by atoms with Gasteiger partial charge in [0, 0.05) is 0 Å². The number of sulfonamides is 1. The molecule has 0 aliphatic carbocycles. The normalized spacial score (nSPS) is 14.0. The van der Waals surface area contributed by atoms with E-state index in [0.717, 1.165) is 16.0 Å². The summed E-state index contributed by atoms with van der Waals surface area (Å²) in [5, 5.41) is 1.90. The van der Waals surface area contributed by atoms with Crippen molar-refractivity contribution in [2.24, 2.45) is 5.41 Å². The zero-order chi connectivity index (χ0) is 18.7. The number of hydrogen-bond acceptors (Lipinski definition) is 2. The summed E-state index contributed by atoms with van der Waals surface area (Å²) < 4.78 is 29.7. The van der Waals surface area contributed by atoms with Crippen molar-refractivity contribution in [2.45, 2.75) is 44.4 Å². The van der Waals surface area contributed by atoms with Crippen LogP contribution in [0.2, 0.25) is 0 Å². The maximum absolute atomic E-state index is 12.7. The highest BCUT2D eigenvalue weighted by molar-refractivity contribution is 8.16. The van der Waals surface area contributed by atoms with Gasteiger partial charge in [0.25, 0.3) is 0 Å². The van der Waals surface area contributed by atoms with Gasteiger partial charge in [-0.3, -0.25) is 0 Å². The lowest BCUT2D eigenvalue weighted by Crippen LogP contribution is -2.08. The van der Waals surface area contributed by atoms with Crippen molar-refractivity contribution >= 4 is 21.1 Å². The van der Waals surface area contributed by atoms with Crippen LogP contribution in [0.1, 0.15) is 31.9 Å². The fourth-order valence-corrected chi connectivity index (χ4v) is 5.27. The Kier molecular flexibility index (Phi) is 6.14. The van der Waals surface area contributed by atoms with E-state index in [9.17, 15) is 8.42 Å². The minimum atomic E-state index is -3.72. The molecule has 0 N–H and O–H groups in total. The van der Waals surface area contributed by atoms with Crippen molar-refractivity contribution in [3.05, 3.63) is 75.3 Å². The van der Waals surface area contributed by atoms with E-state index >= 15 is 0 Å². The molecule has 0 heterocycles. The van der Waals surface area contributed by atoms with Gasteiger partial charge in [0.05, 0.1) is 4.90 Å². The molecule has 0 saturated carbocycles. The Morgan fingerprint density at radius 3 is 1.84 bits per heavy atom. The van der Waals surface area contributed by atoms with Gasteiger partial charge in [0.1, 0.15) is 20.3 Å². The number of benzene rings is 2. The second kappa shape index (κ2) is 7.77. The smallest absolute Gasteiger partial charge is 0.148 e. The van der Waals surface area contributed by atoms with E-state index in [4.69, 9.17) is 0 Å². The Hall–Kier alpha value is -1.56. The van der Waals surface area contributed by atoms with Gasteiger partial charge >= 0.3 is 0 Å². The van der Waals surface area contributed by atoms with Gasteiger partial charge < -0.3 is 4.13 Å². The Labute approximate surface area is 154 Å². The van der Waals surface area contributed by atoms with Gasteiger partial charge in [0.2, 0.25) is 0 Å². The molecular weight excluding hydrogens is 350 g/mol. The van der Waals surface area contributed by atoms with E-state index in [2.05, 4.69) is 24.9 Å². The molecule has 0 saturated heterocycles. The number of aryl methyl sites for hydroxylation is 2. The average molecular weight is 376 g/mol. The van der Waals surface area contributed by atoms with Gasteiger partial charge in [0.15, 0.2) is 0 Å². The SMILES string of the molecule is Cc1ccc([S+](/C=C/C(C)(C)C)[N-]S(=O)(=O)c2ccc(C)cc2)cc1. The lowest BCUT2D eigenvalue weighted by atomic mass is 9.98. The van der Waals surface area contributed by atoms with Crippen LogP contribution in [-0.2, 0) is 21.1 Å². The second-order valence-corrected chi connectivity index (χ2v) is 10.5. The van der Waals surface area contributed by atoms with Gasteiger partial charge in [-0.25, -0.2) is 8.42 Å². The first-order chi connectivity index (χ1) is 11.6. The maximum Gasteiger partial charge on any atom is 0.148 e. The standard InChI is InChI=1S/C20H25NO2S2/c1-16-6-10-18(11-7-16)24(15-14-20(3,4)5)21-25(22,23)19-12-8-17(2)9-13-19/h6-15H,1-5H3/b15-14+. The quantitative estimate of drug-likeness (QED) is 0.646. The van der Waals surface area contributed by atoms with E-state index < -0.39 is 21.1 Å². The Bertz CT molecular complexity index is 831. The highest BCUT2D eigenvalue weighted by Crippen LogP contribution is 2.30. The summed E-state index contributed by atoms with van der Waals surface area (Å²) in [7, 11) is -3.72. The molecule has 0 fully saturated rings. The molecule has 0 radical (unpaired) electrons. The van der Waals surface area contributed by atoms with Crippen LogP contribution in [0.15, 0.2) is 69.8 Å². The van der Waals surface area contributed by atoms with Crippen LogP contribution in [0.3, 0.4) is 0 Å². The molecule has 0 aliphatic heterocycles. The third-order valence-electron chi connectivity index (χ3n) is 3.46. The minimum absolute atomic E-state index is 0.0426. The Morgan fingerprint density at radius 1 is 0.880 bits per heavy atom. The fraction of sp³-hybridized carbons (Fsp3) is 0.300. The van der Waals surface area contributed by atoms with Crippen molar-refractivity contribution in [2.75, 3.05) is 0 Å². The summed E-state index contributed by atoms with van der Waals surface area (Å²) in [5.74, 6) is 0. The number of allylic oxidation sites excluding steroid dienone is 1. The third kappa shape index (κ3) is 6.03. The lowest BCUT2D eigenvalue weighted by Gasteiger charge is -2.20. The number of rotatable bonds is 5. The van der Waals surface area contributed by atoms with Crippen LogP contribution in [0.25, 0.3) is 4.13 Å². The summed E-state index contributed by atoms with van der Waals surface area (Å²) in [6.45, 7) is 10.2. The van der Waals surface area contributed by atoms with Crippen LogP contribution in [-0.4, -0.2) is 8.42 Å². The lowest BCUT2D eigenvalue weighted by molar-refractivity contribution is 0.545. The van der Waals surface area contributed by atoms with Crippen LogP contribution in [0.5, 0.6) is 0 Å². The topological polar surface area (TPSA) is 48.2 Å². The fourth-order valence-electron chi connectivity index (χ4n) is 1.95. The molecule has 0 aromatic heterocycles. The zero-order valence-electron chi connectivity index (χ0n) is 15.4. The minimum Gasteiger partial charge on any atom is -0.302 e. The molecule has 1 unspecified atom stereocenters. The highest BCUT2D eigenvalue weighted by atomic mass is 32.3. The van der Waals surface area contributed by atoms with Gasteiger partial charge in [-0.05, 0) is 60.7 Å². The van der Waals surface area contributed by atoms with E-state index in [1.54, 1.807) is 24.3 Å². The van der Waals surface area contributed by atoms with Crippen molar-refractivity contribution in [1.82, 2.24) is 0 Å². The number of hydrogen-bond donors (Lipinski definition) is 0. The number of nitrogens with zero attached hydrogens (tertiary/aromatic N) is 1. The summed E-state index contributed by atoms with van der Waals surface area (Å²) in [4.78, 5) is 1.12. The molecule has 0 aliphatic rings. The van der Waals surface area contributed by atoms with Crippen molar-refractivity contribution in [1.29, 1.82) is 0 Å². The molecular formula is C20H25NO2S2. The first-order valence-corrected chi connectivity index (χ1v) is 10.8. The molecule has 0 spiro atoms. The molecule has 5 heteroatoms. The van der Waals surface area contributed by atoms with E-state index in [0.29, 0.717) is 0 Å². The molecule has 134 valence electrons. The maximum atomic E-state index is 12.7. The first-order valence-electron chi connectivity index (χ1n) is 8.11. The Balaban J connectivity index is 2.36. The predicted molar refractivity (Wildman–Crippen MR) is 107 cm³/mol. The van der Waals surface area contributed by atoms with Crippen LogP contribution in [0.4, 0.5) is 0 Å². The monoisotopic (exact) mass is 375 g/mol. The largest absolute Gasteiger partial charge is 0.302 e. The van der Waals surface area contributed by atoms with E-state index in [-0.39, 0.29) is 10.3 Å². The second-order valence-electron chi connectivity index (χ2n) is 7.16. The molecule has 2 rings (SSSR count). The van der Waals surface area contributed by atoms with Gasteiger partial charge in [-0.1, -0.05) is 56.2 Å². The summed E-state index contributed by atoms with van der Waals surface area (Å²) in [6, 6.07) is 14.6. The Morgan fingerprint density at radius 2 is 1.36 bits per heavy atom.